The van der Waals surface area contributed by atoms with E-state index < -0.39 is 30.6 Å². The molecule has 0 saturated heterocycles. The molecule has 0 aliphatic rings. The first-order chi connectivity index (χ1) is 22.9. The lowest BCUT2D eigenvalue weighted by molar-refractivity contribution is -0.384. The Balaban J connectivity index is 0.000000260. The Kier molecular flexibility index (Phi) is 11.3. The number of anilines is 3. The van der Waals surface area contributed by atoms with Crippen molar-refractivity contribution in [3.05, 3.63) is 75.8 Å². The van der Waals surface area contributed by atoms with Crippen LogP contribution in [0.5, 0.6) is 5.75 Å². The average Bonchev–Trinajstić information content (AvgIpc) is 3.61. The minimum absolute atomic E-state index is 0.0205. The van der Waals surface area contributed by atoms with Crippen LogP contribution in [0.15, 0.2) is 54.6 Å². The third-order valence-corrected chi connectivity index (χ3v) is 7.32. The minimum atomic E-state index is -4.79. The van der Waals surface area contributed by atoms with Crippen molar-refractivity contribution in [3.63, 3.8) is 0 Å². The number of imidazole rings is 1. The molecule has 0 aliphatic heterocycles. The van der Waals surface area contributed by atoms with E-state index >= 15 is 0 Å². The summed E-state index contributed by atoms with van der Waals surface area (Å²) in [6.45, 7) is -1.30. The van der Waals surface area contributed by atoms with Crippen molar-refractivity contribution in [3.8, 4) is 5.75 Å². The topological polar surface area (TPSA) is 163 Å². The number of halogens is 5. The summed E-state index contributed by atoms with van der Waals surface area (Å²) in [4.78, 5) is 42.0. The van der Waals surface area contributed by atoms with Crippen LogP contribution in [0.2, 0.25) is 0 Å². The number of rotatable bonds is 11. The first-order valence-corrected chi connectivity index (χ1v) is 14.6. The Hall–Kier alpha value is -5.59. The van der Waals surface area contributed by atoms with Gasteiger partial charge in [-0.05, 0) is 42.5 Å². The number of carbonyl (C=O) groups is 2. The number of nitrogens with one attached hydrogen (secondary N) is 3. The zero-order valence-corrected chi connectivity index (χ0v) is 25.9. The summed E-state index contributed by atoms with van der Waals surface area (Å²) in [6, 6.07) is 12.5. The number of fused-ring (bicyclic) bond motifs is 2. The number of aromatic nitrogens is 3. The van der Waals surface area contributed by atoms with Gasteiger partial charge in [-0.3, -0.25) is 14.9 Å². The molecule has 13 nitrogen and oxygen atoms in total. The fourth-order valence-corrected chi connectivity index (χ4v) is 5.22. The summed E-state index contributed by atoms with van der Waals surface area (Å²) in [5.41, 5.74) is 1.93. The lowest BCUT2D eigenvalue weighted by Crippen LogP contribution is -2.17. The fourth-order valence-electron chi connectivity index (χ4n) is 4.33. The van der Waals surface area contributed by atoms with E-state index in [2.05, 4.69) is 35.4 Å². The lowest BCUT2D eigenvalue weighted by Gasteiger charge is -2.07. The number of benzene rings is 3. The molecular weight excluding hydrogens is 669 g/mol. The number of hydrogen-bond acceptors (Lipinski definition) is 11. The smallest absolute Gasteiger partial charge is 0.465 e. The lowest BCUT2D eigenvalue weighted by atomic mass is 10.1. The number of nitro benzene ring substituents is 1. The number of nitrogens with zero attached hydrogens (tertiary/aromatic N) is 4. The molecule has 3 aromatic carbocycles. The quantitative estimate of drug-likeness (QED) is 0.0612. The molecule has 0 bridgehead atoms. The van der Waals surface area contributed by atoms with Gasteiger partial charge in [0.1, 0.15) is 24.8 Å². The molecular formula is C29H26F5N7O6S. The molecule has 0 radical (unpaired) electrons. The first-order valence-electron chi connectivity index (χ1n) is 13.8. The molecule has 2 aromatic heterocycles. The standard InChI is InChI=1S/C19H15F4N5O2S.C10H11FN2O4/c1-24-16(29)10-2-5-14-13(8-10)25-17(28(14)7-6-20)27-18-26-12-4-3-11(9-15(12)31-18)30-19(21,22)23;1-17-10(14)7-2-3-8(12-5-4-11)9(6-7)13(15)16/h2-5,8-9H,6-7H2,1H3,(H,24,29)(H,25,26,27);2-3,6,12H,4-5H2,1H3. The van der Waals surface area contributed by atoms with Crippen molar-refractivity contribution >= 4 is 66.9 Å². The monoisotopic (exact) mass is 695 g/mol. The van der Waals surface area contributed by atoms with E-state index in [0.29, 0.717) is 37.9 Å². The maximum Gasteiger partial charge on any atom is 0.573 e. The molecule has 0 spiro atoms. The van der Waals surface area contributed by atoms with Crippen LogP contribution in [0.1, 0.15) is 20.7 Å². The fraction of sp³-hybridized carbons (Fsp3) is 0.241. The van der Waals surface area contributed by atoms with Crippen LogP contribution in [0.4, 0.5) is 44.4 Å². The third-order valence-electron chi connectivity index (χ3n) is 6.38. The Morgan fingerprint density at radius 2 is 1.75 bits per heavy atom. The van der Waals surface area contributed by atoms with Gasteiger partial charge >= 0.3 is 12.3 Å². The number of alkyl halides is 5. The van der Waals surface area contributed by atoms with E-state index in [-0.39, 0.29) is 41.7 Å². The highest BCUT2D eigenvalue weighted by atomic mass is 32.1. The molecule has 0 atom stereocenters. The minimum Gasteiger partial charge on any atom is -0.465 e. The van der Waals surface area contributed by atoms with Crippen LogP contribution < -0.4 is 20.7 Å². The van der Waals surface area contributed by atoms with Crippen LogP contribution in [0.3, 0.4) is 0 Å². The van der Waals surface area contributed by atoms with Gasteiger partial charge in [-0.15, -0.1) is 13.2 Å². The van der Waals surface area contributed by atoms with Crippen LogP contribution in [0.25, 0.3) is 21.3 Å². The van der Waals surface area contributed by atoms with Gasteiger partial charge in [0.15, 0.2) is 5.13 Å². The zero-order valence-electron chi connectivity index (χ0n) is 25.1. The summed E-state index contributed by atoms with van der Waals surface area (Å²) in [5, 5.41) is 19.2. The predicted molar refractivity (Wildman–Crippen MR) is 168 cm³/mol. The SMILES string of the molecule is CNC(=O)c1ccc2c(c1)nc(Nc1nc3ccc(OC(F)(F)F)cc3s1)n2CCF.COC(=O)c1ccc(NCCF)c([N+](=O)[O-])c1. The molecule has 0 fully saturated rings. The van der Waals surface area contributed by atoms with Gasteiger partial charge in [0.05, 0.1) is 45.4 Å². The van der Waals surface area contributed by atoms with Crippen molar-refractivity contribution in [2.24, 2.45) is 0 Å². The number of amides is 1. The van der Waals surface area contributed by atoms with Gasteiger partial charge < -0.3 is 30.0 Å². The molecule has 1 amide bonds. The Morgan fingerprint density at radius 1 is 1.00 bits per heavy atom. The van der Waals surface area contributed by atoms with E-state index in [4.69, 9.17) is 0 Å². The molecule has 3 N–H and O–H groups in total. The summed E-state index contributed by atoms with van der Waals surface area (Å²) in [6.07, 6.45) is -4.79. The van der Waals surface area contributed by atoms with Gasteiger partial charge in [0.2, 0.25) is 5.95 Å². The highest BCUT2D eigenvalue weighted by Gasteiger charge is 2.31. The number of carbonyl (C=O) groups excluding carboxylic acids is 2. The largest absolute Gasteiger partial charge is 0.573 e. The Morgan fingerprint density at radius 3 is 2.40 bits per heavy atom. The van der Waals surface area contributed by atoms with Gasteiger partial charge in [-0.2, -0.15) is 0 Å². The molecule has 0 aliphatic carbocycles. The van der Waals surface area contributed by atoms with Gasteiger partial charge in [-0.25, -0.2) is 23.5 Å². The van der Waals surface area contributed by atoms with E-state index in [0.717, 1.165) is 17.4 Å². The van der Waals surface area contributed by atoms with E-state index in [1.807, 2.05) is 0 Å². The second kappa shape index (κ2) is 15.3. The van der Waals surface area contributed by atoms with Crippen LogP contribution in [0, 0.1) is 10.1 Å². The number of nitro groups is 1. The maximum absolute atomic E-state index is 13.2. The second-order valence-electron chi connectivity index (χ2n) is 9.48. The normalized spacial score (nSPS) is 11.1. The highest BCUT2D eigenvalue weighted by molar-refractivity contribution is 7.22. The van der Waals surface area contributed by atoms with Gasteiger partial charge in [-0.1, -0.05) is 11.3 Å². The van der Waals surface area contributed by atoms with Crippen molar-refractivity contribution in [2.45, 2.75) is 12.9 Å². The second-order valence-corrected chi connectivity index (χ2v) is 10.5. The maximum atomic E-state index is 13.2. The Labute approximate surface area is 271 Å². The molecule has 5 aromatic rings. The van der Waals surface area contributed by atoms with E-state index in [1.165, 1.54) is 44.5 Å². The van der Waals surface area contributed by atoms with Crippen molar-refractivity contribution in [2.75, 3.05) is 44.7 Å². The Bertz CT molecular complexity index is 1950. The highest BCUT2D eigenvalue weighted by Crippen LogP contribution is 2.33. The summed E-state index contributed by atoms with van der Waals surface area (Å²) in [5.74, 6) is -0.987. The summed E-state index contributed by atoms with van der Waals surface area (Å²) in [7, 11) is 2.70. The number of aryl methyl sites for hydroxylation is 1. The van der Waals surface area contributed by atoms with E-state index in [9.17, 15) is 41.7 Å². The number of esters is 1. The van der Waals surface area contributed by atoms with Gasteiger partial charge in [0, 0.05) is 31.3 Å². The molecule has 254 valence electrons. The third kappa shape index (κ3) is 8.60. The van der Waals surface area contributed by atoms with E-state index in [1.54, 1.807) is 22.8 Å². The zero-order chi connectivity index (χ0) is 35.0. The molecule has 0 saturated carbocycles. The summed E-state index contributed by atoms with van der Waals surface area (Å²) >= 11 is 1.10. The number of hydrogen-bond donors (Lipinski definition) is 3. The van der Waals surface area contributed by atoms with Crippen LogP contribution in [-0.4, -0.2) is 71.7 Å². The predicted octanol–water partition coefficient (Wildman–Crippen LogP) is 6.38. The number of ether oxygens (including phenoxy) is 2. The van der Waals surface area contributed by atoms with Crippen LogP contribution >= 0.6 is 11.3 Å². The number of methoxy groups -OCH3 is 1. The molecule has 48 heavy (non-hydrogen) atoms. The molecule has 5 rings (SSSR count). The van der Waals surface area contributed by atoms with Gasteiger partial charge in [0.25, 0.3) is 11.6 Å². The first kappa shape index (κ1) is 35.3. The molecule has 2 heterocycles. The van der Waals surface area contributed by atoms with Crippen molar-refractivity contribution in [1.29, 1.82) is 0 Å². The van der Waals surface area contributed by atoms with Crippen molar-refractivity contribution < 1.29 is 45.9 Å². The molecule has 0 unspecified atom stereocenters. The van der Waals surface area contributed by atoms with Crippen molar-refractivity contribution in [1.82, 2.24) is 19.9 Å². The molecule has 19 heteroatoms. The van der Waals surface area contributed by atoms with Crippen LogP contribution in [-0.2, 0) is 11.3 Å². The summed E-state index contributed by atoms with van der Waals surface area (Å²) < 4.78 is 72.9. The number of thiazole rings is 1. The average molecular weight is 696 g/mol.